The Morgan fingerprint density at radius 1 is 1.10 bits per heavy atom. The van der Waals surface area contributed by atoms with Crippen molar-refractivity contribution in [1.82, 2.24) is 5.32 Å². The maximum atomic E-state index is 12.5. The van der Waals surface area contributed by atoms with Crippen LogP contribution in [0.3, 0.4) is 0 Å². The van der Waals surface area contributed by atoms with Gasteiger partial charge in [-0.2, -0.15) is 0 Å². The summed E-state index contributed by atoms with van der Waals surface area (Å²) < 4.78 is 11.1. The highest BCUT2D eigenvalue weighted by molar-refractivity contribution is 8.18. The van der Waals surface area contributed by atoms with Crippen LogP contribution >= 0.6 is 23.4 Å². The number of halogens is 1. The predicted molar refractivity (Wildman–Crippen MR) is 124 cm³/mol. The van der Waals surface area contributed by atoms with Gasteiger partial charge in [0.25, 0.3) is 5.91 Å². The third-order valence-electron chi connectivity index (χ3n) is 4.52. The second kappa shape index (κ2) is 8.81. The molecule has 1 amide bonds. The molecule has 1 N–H and O–H groups in total. The summed E-state index contributed by atoms with van der Waals surface area (Å²) in [5.41, 5.74) is 1.49. The van der Waals surface area contributed by atoms with Gasteiger partial charge in [0.1, 0.15) is 17.2 Å². The summed E-state index contributed by atoms with van der Waals surface area (Å²) >= 11 is 7.35. The zero-order valence-corrected chi connectivity index (χ0v) is 18.0. The van der Waals surface area contributed by atoms with Gasteiger partial charge >= 0.3 is 0 Å². The number of nitrogens with one attached hydrogen (secondary N) is 1. The standard InChI is InChI=1S/C23H19ClN2O3S/c1-3-29-19-10-8-14(16-6-4-5-7-17(16)19)12-21-22(27)26-23(30-21)25-18-13-15(24)9-11-20(18)28-2/h4-13H,3H2,1-2H3,(H,25,26,27)/b21-12+. The number of carbonyl (C=O) groups excluding carboxylic acids is 1. The maximum Gasteiger partial charge on any atom is 0.264 e. The number of ether oxygens (including phenoxy) is 2. The molecule has 0 saturated carbocycles. The molecule has 3 aromatic rings. The Labute approximate surface area is 183 Å². The molecule has 7 heteroatoms. The number of nitrogens with zero attached hydrogens (tertiary/aromatic N) is 1. The van der Waals surface area contributed by atoms with Crippen molar-refractivity contribution in [3.8, 4) is 11.5 Å². The van der Waals surface area contributed by atoms with E-state index in [-0.39, 0.29) is 5.91 Å². The molecule has 1 fully saturated rings. The van der Waals surface area contributed by atoms with Crippen LogP contribution in [0, 0.1) is 0 Å². The van der Waals surface area contributed by atoms with Crippen LogP contribution in [0.25, 0.3) is 16.8 Å². The molecule has 5 nitrogen and oxygen atoms in total. The number of aliphatic imine (C=N–C) groups is 1. The summed E-state index contributed by atoms with van der Waals surface area (Å²) in [6.07, 6.45) is 1.87. The highest BCUT2D eigenvalue weighted by Crippen LogP contribution is 2.35. The SMILES string of the molecule is CCOc1ccc(/C=C2/SC(=Nc3cc(Cl)ccc3OC)NC2=O)c2ccccc12. The Hall–Kier alpha value is -2.96. The zero-order chi connectivity index (χ0) is 21.1. The van der Waals surface area contributed by atoms with Crippen LogP contribution in [0.4, 0.5) is 5.69 Å². The fraction of sp³-hybridized carbons (Fsp3) is 0.130. The van der Waals surface area contributed by atoms with Gasteiger partial charge in [0.2, 0.25) is 0 Å². The van der Waals surface area contributed by atoms with Gasteiger partial charge < -0.3 is 14.8 Å². The molecule has 1 aliphatic heterocycles. The molecule has 0 radical (unpaired) electrons. The van der Waals surface area contributed by atoms with Crippen molar-refractivity contribution < 1.29 is 14.3 Å². The molecule has 0 unspecified atom stereocenters. The first-order valence-corrected chi connectivity index (χ1v) is 10.6. The lowest BCUT2D eigenvalue weighted by Gasteiger charge is -2.09. The van der Waals surface area contributed by atoms with E-state index >= 15 is 0 Å². The Bertz CT molecular complexity index is 1190. The van der Waals surface area contributed by atoms with E-state index in [1.165, 1.54) is 11.8 Å². The molecule has 152 valence electrons. The average Bonchev–Trinajstić information content (AvgIpc) is 3.09. The lowest BCUT2D eigenvalue weighted by molar-refractivity contribution is -0.115. The molecular formula is C23H19ClN2O3S. The van der Waals surface area contributed by atoms with Crippen LogP contribution in [0.2, 0.25) is 5.02 Å². The third kappa shape index (κ3) is 4.15. The van der Waals surface area contributed by atoms with Gasteiger partial charge in [-0.05, 0) is 60.0 Å². The van der Waals surface area contributed by atoms with E-state index in [2.05, 4.69) is 10.3 Å². The van der Waals surface area contributed by atoms with Crippen molar-refractivity contribution in [3.63, 3.8) is 0 Å². The molecule has 1 heterocycles. The third-order valence-corrected chi connectivity index (χ3v) is 5.66. The smallest absolute Gasteiger partial charge is 0.264 e. The number of methoxy groups -OCH3 is 1. The van der Waals surface area contributed by atoms with Gasteiger partial charge in [0.15, 0.2) is 5.17 Å². The average molecular weight is 439 g/mol. The largest absolute Gasteiger partial charge is 0.494 e. The quantitative estimate of drug-likeness (QED) is 0.512. The van der Waals surface area contributed by atoms with E-state index in [4.69, 9.17) is 21.1 Å². The number of fused-ring (bicyclic) bond motifs is 1. The number of hydrogen-bond acceptors (Lipinski definition) is 5. The van der Waals surface area contributed by atoms with Crippen molar-refractivity contribution in [3.05, 3.63) is 70.1 Å². The summed E-state index contributed by atoms with van der Waals surface area (Å²) in [7, 11) is 1.57. The molecular weight excluding hydrogens is 420 g/mol. The topological polar surface area (TPSA) is 59.9 Å². The van der Waals surface area contributed by atoms with Gasteiger partial charge in [0.05, 0.1) is 18.6 Å². The van der Waals surface area contributed by atoms with Crippen molar-refractivity contribution in [2.24, 2.45) is 4.99 Å². The highest BCUT2D eigenvalue weighted by Gasteiger charge is 2.24. The van der Waals surface area contributed by atoms with Gasteiger partial charge in [-0.25, -0.2) is 4.99 Å². The van der Waals surface area contributed by atoms with E-state index in [9.17, 15) is 4.79 Å². The molecule has 0 bridgehead atoms. The van der Waals surface area contributed by atoms with E-state index < -0.39 is 0 Å². The Kier molecular flexibility index (Phi) is 5.97. The van der Waals surface area contributed by atoms with Gasteiger partial charge in [-0.1, -0.05) is 41.9 Å². The van der Waals surface area contributed by atoms with Gasteiger partial charge in [0, 0.05) is 10.4 Å². The van der Waals surface area contributed by atoms with Crippen LogP contribution in [0.15, 0.2) is 64.5 Å². The van der Waals surface area contributed by atoms with E-state index in [0.29, 0.717) is 33.1 Å². The number of hydrogen-bond donors (Lipinski definition) is 1. The number of rotatable bonds is 5. The van der Waals surface area contributed by atoms with E-state index in [0.717, 1.165) is 22.1 Å². The van der Waals surface area contributed by atoms with Crippen molar-refractivity contribution >= 4 is 57.0 Å². The van der Waals surface area contributed by atoms with E-state index in [1.54, 1.807) is 25.3 Å². The summed E-state index contributed by atoms with van der Waals surface area (Å²) in [5, 5.41) is 5.85. The monoisotopic (exact) mass is 438 g/mol. The predicted octanol–water partition coefficient (Wildman–Crippen LogP) is 5.79. The number of thioether (sulfide) groups is 1. The first-order chi connectivity index (χ1) is 14.6. The summed E-state index contributed by atoms with van der Waals surface area (Å²) in [6.45, 7) is 2.55. The lowest BCUT2D eigenvalue weighted by Crippen LogP contribution is -2.19. The van der Waals surface area contributed by atoms with E-state index in [1.807, 2.05) is 49.4 Å². The fourth-order valence-electron chi connectivity index (χ4n) is 3.18. The first kappa shape index (κ1) is 20.3. The van der Waals surface area contributed by atoms with Crippen LogP contribution in [-0.2, 0) is 4.79 Å². The minimum Gasteiger partial charge on any atom is -0.494 e. The molecule has 1 aliphatic rings. The van der Waals surface area contributed by atoms with Gasteiger partial charge in [-0.15, -0.1) is 0 Å². The zero-order valence-electron chi connectivity index (χ0n) is 16.4. The van der Waals surface area contributed by atoms with Crippen LogP contribution in [0.5, 0.6) is 11.5 Å². The maximum absolute atomic E-state index is 12.5. The molecule has 4 rings (SSSR count). The normalized spacial score (nSPS) is 16.3. The van der Waals surface area contributed by atoms with Crippen molar-refractivity contribution in [2.75, 3.05) is 13.7 Å². The second-order valence-corrected chi connectivity index (χ2v) is 7.90. The summed E-state index contributed by atoms with van der Waals surface area (Å²) in [6, 6.07) is 17.0. The van der Waals surface area contributed by atoms with Crippen molar-refractivity contribution in [1.29, 1.82) is 0 Å². The fourth-order valence-corrected chi connectivity index (χ4v) is 4.18. The van der Waals surface area contributed by atoms with Crippen LogP contribution in [-0.4, -0.2) is 24.8 Å². The summed E-state index contributed by atoms with van der Waals surface area (Å²) in [4.78, 5) is 17.6. The number of carbonyl (C=O) groups is 1. The Morgan fingerprint density at radius 3 is 2.63 bits per heavy atom. The van der Waals surface area contributed by atoms with Crippen LogP contribution < -0.4 is 14.8 Å². The Balaban J connectivity index is 1.69. The first-order valence-electron chi connectivity index (χ1n) is 9.36. The van der Waals surface area contributed by atoms with Crippen LogP contribution in [0.1, 0.15) is 12.5 Å². The number of amides is 1. The highest BCUT2D eigenvalue weighted by atomic mass is 35.5. The molecule has 1 saturated heterocycles. The second-order valence-electron chi connectivity index (χ2n) is 6.43. The van der Waals surface area contributed by atoms with Crippen molar-refractivity contribution in [2.45, 2.75) is 6.92 Å². The molecule has 30 heavy (non-hydrogen) atoms. The molecule has 0 spiro atoms. The minimum absolute atomic E-state index is 0.197. The lowest BCUT2D eigenvalue weighted by atomic mass is 10.0. The minimum atomic E-state index is -0.197. The molecule has 0 aliphatic carbocycles. The molecule has 0 aromatic heterocycles. The Morgan fingerprint density at radius 2 is 1.87 bits per heavy atom. The summed E-state index contributed by atoms with van der Waals surface area (Å²) in [5.74, 6) is 1.21. The molecule has 0 atom stereocenters. The van der Waals surface area contributed by atoms with Gasteiger partial charge in [-0.3, -0.25) is 4.79 Å². The molecule has 3 aromatic carbocycles. The number of amidine groups is 1. The number of benzene rings is 3.